The quantitative estimate of drug-likeness (QED) is 0.209. The lowest BCUT2D eigenvalue weighted by Gasteiger charge is -2.12. The lowest BCUT2D eigenvalue weighted by atomic mass is 9.96. The monoisotopic (exact) mass is 515 g/mol. The smallest absolute Gasteiger partial charge is 0.0824 e. The number of H-pyrrole nitrogens is 1. The van der Waals surface area contributed by atoms with E-state index in [1.54, 1.807) is 12.4 Å². The van der Waals surface area contributed by atoms with E-state index in [0.29, 0.717) is 18.2 Å². The first-order chi connectivity index (χ1) is 18.2. The molecule has 0 spiro atoms. The van der Waals surface area contributed by atoms with Crippen LogP contribution in [0.15, 0.2) is 55.0 Å². The van der Waals surface area contributed by atoms with Gasteiger partial charge in [0.25, 0.3) is 0 Å². The fraction of sp³-hybridized carbons (Fsp3) is 0.357. The summed E-state index contributed by atoms with van der Waals surface area (Å²) in [6, 6.07) is 14.6. The molecule has 1 fully saturated rings. The van der Waals surface area contributed by atoms with E-state index in [9.17, 15) is 5.26 Å². The summed E-state index contributed by atoms with van der Waals surface area (Å²) in [5.41, 5.74) is 5.90. The Kier molecular flexibility index (Phi) is 7.95. The molecule has 0 aliphatic heterocycles. The molecule has 37 heavy (non-hydrogen) atoms. The fourth-order valence-electron chi connectivity index (χ4n) is 4.49. The zero-order chi connectivity index (χ0) is 25.5. The highest BCUT2D eigenvalue weighted by molar-refractivity contribution is 6.30. The van der Waals surface area contributed by atoms with Crippen molar-refractivity contribution in [3.05, 3.63) is 71.1 Å². The van der Waals surface area contributed by atoms with Crippen LogP contribution in [0.3, 0.4) is 0 Å². The van der Waals surface area contributed by atoms with Crippen molar-refractivity contribution in [3.63, 3.8) is 0 Å². The first-order valence-corrected chi connectivity index (χ1v) is 13.0. The lowest BCUT2D eigenvalue weighted by molar-refractivity contribution is 0.140. The fourth-order valence-corrected chi connectivity index (χ4v) is 4.75. The molecular formula is C28H30ClN7O. The number of rotatable bonds is 13. The van der Waals surface area contributed by atoms with E-state index < -0.39 is 0 Å². The number of aromatic amines is 1. The van der Waals surface area contributed by atoms with E-state index in [1.807, 2.05) is 24.4 Å². The molecule has 8 nitrogen and oxygen atoms in total. The van der Waals surface area contributed by atoms with Gasteiger partial charge in [0, 0.05) is 41.4 Å². The van der Waals surface area contributed by atoms with Gasteiger partial charge < -0.3 is 15.4 Å². The Labute approximate surface area is 221 Å². The van der Waals surface area contributed by atoms with Crippen LogP contribution < -0.4 is 10.6 Å². The van der Waals surface area contributed by atoms with Gasteiger partial charge in [0.2, 0.25) is 0 Å². The summed E-state index contributed by atoms with van der Waals surface area (Å²) in [4.78, 5) is 0. The van der Waals surface area contributed by atoms with Crippen LogP contribution in [0.4, 0.5) is 5.69 Å². The highest BCUT2D eigenvalue weighted by atomic mass is 35.5. The van der Waals surface area contributed by atoms with E-state index in [-0.39, 0.29) is 5.41 Å². The van der Waals surface area contributed by atoms with Crippen LogP contribution in [0.2, 0.25) is 5.02 Å². The maximum atomic E-state index is 9.46. The second-order valence-electron chi connectivity index (χ2n) is 9.45. The van der Waals surface area contributed by atoms with Gasteiger partial charge in [-0.05, 0) is 79.3 Å². The number of aromatic nitrogens is 4. The topological polar surface area (TPSA) is 112 Å². The summed E-state index contributed by atoms with van der Waals surface area (Å²) in [5, 5.41) is 33.2. The third-order valence-corrected chi connectivity index (χ3v) is 6.95. The summed E-state index contributed by atoms with van der Waals surface area (Å²) in [6.07, 6.45) is 9.14. The summed E-state index contributed by atoms with van der Waals surface area (Å²) < 4.78 is 5.84. The number of nitriles is 1. The molecule has 2 aromatic carbocycles. The molecule has 0 saturated heterocycles. The number of benzene rings is 2. The van der Waals surface area contributed by atoms with Crippen LogP contribution in [0.25, 0.3) is 22.0 Å². The summed E-state index contributed by atoms with van der Waals surface area (Å²) >= 11 is 6.29. The van der Waals surface area contributed by atoms with Crippen LogP contribution in [0.1, 0.15) is 36.8 Å². The van der Waals surface area contributed by atoms with Crippen molar-refractivity contribution < 1.29 is 4.74 Å². The Morgan fingerprint density at radius 2 is 1.95 bits per heavy atom. The molecule has 3 N–H and O–H groups in total. The normalized spacial score (nSPS) is 13.9. The minimum absolute atomic E-state index is 0.309. The average Bonchev–Trinajstić information content (AvgIpc) is 3.58. The van der Waals surface area contributed by atoms with E-state index in [1.165, 1.54) is 0 Å². The zero-order valence-electron chi connectivity index (χ0n) is 20.6. The number of unbranched alkanes of at least 4 members (excludes halogenated alkanes) is 1. The van der Waals surface area contributed by atoms with Crippen molar-refractivity contribution in [2.75, 3.05) is 31.6 Å². The van der Waals surface area contributed by atoms with E-state index in [0.717, 1.165) is 84.2 Å². The van der Waals surface area contributed by atoms with Gasteiger partial charge in [-0.3, -0.25) is 5.10 Å². The lowest BCUT2D eigenvalue weighted by Crippen LogP contribution is -2.16. The Morgan fingerprint density at radius 3 is 2.76 bits per heavy atom. The number of fused-ring (bicyclic) bond motifs is 1. The first kappa shape index (κ1) is 25.2. The molecule has 1 saturated carbocycles. The number of anilines is 1. The highest BCUT2D eigenvalue weighted by Gasteiger charge is 2.45. The molecular weight excluding hydrogens is 486 g/mol. The largest absolute Gasteiger partial charge is 0.382 e. The zero-order valence-corrected chi connectivity index (χ0v) is 21.4. The Morgan fingerprint density at radius 1 is 1.03 bits per heavy atom. The van der Waals surface area contributed by atoms with Crippen LogP contribution in [-0.4, -0.2) is 46.7 Å². The average molecular weight is 516 g/mol. The number of hydrogen-bond acceptors (Lipinski definition) is 7. The minimum Gasteiger partial charge on any atom is -0.382 e. The van der Waals surface area contributed by atoms with Crippen LogP contribution in [0.5, 0.6) is 0 Å². The molecule has 2 aromatic heterocycles. The SMILES string of the molecule is N#CC1(c2cc(Cl)cc(CNCCCCOCCNc3cc(-c4ccnnc4)cc4[nH]ncc34)c2)CC1. The predicted octanol–water partition coefficient (Wildman–Crippen LogP) is 5.23. The Bertz CT molecular complexity index is 1380. The number of hydrogen-bond donors (Lipinski definition) is 3. The van der Waals surface area contributed by atoms with Gasteiger partial charge in [-0.1, -0.05) is 17.7 Å². The highest BCUT2D eigenvalue weighted by Crippen LogP contribution is 2.48. The van der Waals surface area contributed by atoms with Gasteiger partial charge in [-0.15, -0.1) is 0 Å². The Hall–Kier alpha value is -3.51. The summed E-state index contributed by atoms with van der Waals surface area (Å²) in [5.74, 6) is 0. The molecule has 0 radical (unpaired) electrons. The minimum atomic E-state index is -0.309. The molecule has 0 amide bonds. The molecule has 2 heterocycles. The molecule has 5 rings (SSSR count). The van der Waals surface area contributed by atoms with E-state index in [2.05, 4.69) is 55.3 Å². The van der Waals surface area contributed by atoms with Gasteiger partial charge in [0.05, 0.1) is 42.2 Å². The predicted molar refractivity (Wildman–Crippen MR) is 145 cm³/mol. The third kappa shape index (κ3) is 6.25. The molecule has 9 heteroatoms. The van der Waals surface area contributed by atoms with Gasteiger partial charge in [0.15, 0.2) is 0 Å². The van der Waals surface area contributed by atoms with Gasteiger partial charge in [-0.25, -0.2) is 0 Å². The van der Waals surface area contributed by atoms with Crippen molar-refractivity contribution >= 4 is 28.2 Å². The molecule has 0 atom stereocenters. The third-order valence-electron chi connectivity index (χ3n) is 6.73. The van der Waals surface area contributed by atoms with Crippen LogP contribution in [0, 0.1) is 11.3 Å². The second kappa shape index (κ2) is 11.7. The number of nitrogens with one attached hydrogen (secondary N) is 3. The maximum Gasteiger partial charge on any atom is 0.0824 e. The molecule has 1 aliphatic rings. The second-order valence-corrected chi connectivity index (χ2v) is 9.89. The van der Waals surface area contributed by atoms with Crippen molar-refractivity contribution in [1.29, 1.82) is 5.26 Å². The number of nitrogens with zero attached hydrogens (tertiary/aromatic N) is 4. The molecule has 0 unspecified atom stereocenters. The van der Waals surface area contributed by atoms with Crippen molar-refractivity contribution in [2.45, 2.75) is 37.6 Å². The molecule has 4 aromatic rings. The van der Waals surface area contributed by atoms with Crippen LogP contribution >= 0.6 is 11.6 Å². The summed E-state index contributed by atoms with van der Waals surface area (Å²) in [7, 11) is 0. The van der Waals surface area contributed by atoms with E-state index >= 15 is 0 Å². The number of halogens is 1. The van der Waals surface area contributed by atoms with Gasteiger partial charge in [-0.2, -0.15) is 20.6 Å². The van der Waals surface area contributed by atoms with Crippen molar-refractivity contribution in [1.82, 2.24) is 25.7 Å². The molecule has 0 bridgehead atoms. The molecule has 190 valence electrons. The van der Waals surface area contributed by atoms with Crippen molar-refractivity contribution in [2.24, 2.45) is 0 Å². The molecule has 1 aliphatic carbocycles. The Balaban J connectivity index is 0.997. The van der Waals surface area contributed by atoms with E-state index in [4.69, 9.17) is 16.3 Å². The first-order valence-electron chi connectivity index (χ1n) is 12.6. The standard InChI is InChI=1S/C28H30ClN7O/c29-24-12-20(11-23(15-24)28(19-30)4-5-28)16-31-6-1-2-9-37-10-8-32-26-13-22(21-3-7-33-34-17-21)14-27-25(26)18-35-36-27/h3,7,11-15,17-18,31-32H,1-2,4-6,8-10,16H2,(H,35,36). The summed E-state index contributed by atoms with van der Waals surface area (Å²) in [6.45, 7) is 3.70. The van der Waals surface area contributed by atoms with Crippen LogP contribution in [-0.2, 0) is 16.7 Å². The number of ether oxygens (including phenoxy) is 1. The maximum absolute atomic E-state index is 9.46. The van der Waals surface area contributed by atoms with Crippen molar-refractivity contribution in [3.8, 4) is 17.2 Å². The van der Waals surface area contributed by atoms with Gasteiger partial charge >= 0.3 is 0 Å². The van der Waals surface area contributed by atoms with Gasteiger partial charge in [0.1, 0.15) is 0 Å².